The first kappa shape index (κ1) is 15.3. The van der Waals surface area contributed by atoms with E-state index in [1.54, 1.807) is 18.2 Å². The molecule has 0 aliphatic heterocycles. The van der Waals surface area contributed by atoms with E-state index in [0.29, 0.717) is 11.3 Å². The van der Waals surface area contributed by atoms with Crippen LogP contribution in [0.4, 0.5) is 14.9 Å². The zero-order chi connectivity index (χ0) is 15.2. The molecule has 0 fully saturated rings. The first-order valence-electron chi connectivity index (χ1n) is 6.21. The van der Waals surface area contributed by atoms with Crippen LogP contribution in [-0.2, 0) is 6.54 Å². The average molecular weight is 353 g/mol. The quantitative estimate of drug-likeness (QED) is 0.876. The lowest BCUT2D eigenvalue weighted by Gasteiger charge is -2.09. The van der Waals surface area contributed by atoms with Gasteiger partial charge in [0.25, 0.3) is 0 Å². The van der Waals surface area contributed by atoms with Crippen LogP contribution in [-0.4, -0.2) is 13.1 Å². The number of rotatable bonds is 4. The van der Waals surface area contributed by atoms with Crippen LogP contribution in [0.2, 0.25) is 0 Å². The summed E-state index contributed by atoms with van der Waals surface area (Å²) in [7, 11) is 1.40. The number of anilines is 1. The lowest BCUT2D eigenvalue weighted by Crippen LogP contribution is -2.28. The van der Waals surface area contributed by atoms with Gasteiger partial charge < -0.3 is 15.4 Å². The van der Waals surface area contributed by atoms with E-state index in [0.717, 1.165) is 4.47 Å². The summed E-state index contributed by atoms with van der Waals surface area (Å²) in [4.78, 5) is 11.7. The van der Waals surface area contributed by atoms with Crippen LogP contribution >= 0.6 is 15.9 Å². The number of ether oxygens (including phenoxy) is 1. The summed E-state index contributed by atoms with van der Waals surface area (Å²) in [5.74, 6) is -0.275. The highest BCUT2D eigenvalue weighted by Crippen LogP contribution is 2.17. The normalized spacial score (nSPS) is 10.0. The Kier molecular flexibility index (Phi) is 5.16. The first-order chi connectivity index (χ1) is 10.1. The van der Waals surface area contributed by atoms with Gasteiger partial charge in [-0.2, -0.15) is 0 Å². The molecule has 0 spiro atoms. The monoisotopic (exact) mass is 352 g/mol. The topological polar surface area (TPSA) is 50.4 Å². The second-order valence-electron chi connectivity index (χ2n) is 4.28. The Morgan fingerprint density at radius 3 is 2.57 bits per heavy atom. The van der Waals surface area contributed by atoms with Gasteiger partial charge in [-0.1, -0.05) is 22.0 Å². The SMILES string of the molecule is COc1ccc(CNC(=O)Nc2ccc(Br)cc2)cc1F. The molecule has 0 saturated heterocycles. The summed E-state index contributed by atoms with van der Waals surface area (Å²) in [6.07, 6.45) is 0. The van der Waals surface area contributed by atoms with Gasteiger partial charge in [0.1, 0.15) is 0 Å². The predicted molar refractivity (Wildman–Crippen MR) is 83.0 cm³/mol. The van der Waals surface area contributed by atoms with Gasteiger partial charge in [-0.3, -0.25) is 0 Å². The fraction of sp³-hybridized carbons (Fsp3) is 0.133. The van der Waals surface area contributed by atoms with E-state index < -0.39 is 5.82 Å². The van der Waals surface area contributed by atoms with Gasteiger partial charge in [0, 0.05) is 16.7 Å². The number of hydrogen-bond acceptors (Lipinski definition) is 2. The Bertz CT molecular complexity index is 632. The highest BCUT2D eigenvalue weighted by atomic mass is 79.9. The molecule has 2 rings (SSSR count). The van der Waals surface area contributed by atoms with Crippen molar-refractivity contribution < 1.29 is 13.9 Å². The van der Waals surface area contributed by atoms with Crippen molar-refractivity contribution >= 4 is 27.6 Å². The third-order valence-electron chi connectivity index (χ3n) is 2.77. The maximum absolute atomic E-state index is 13.5. The molecule has 4 nitrogen and oxygen atoms in total. The van der Waals surface area contributed by atoms with Crippen molar-refractivity contribution in [1.29, 1.82) is 0 Å². The van der Waals surface area contributed by atoms with Crippen LogP contribution in [0.5, 0.6) is 5.75 Å². The first-order valence-corrected chi connectivity index (χ1v) is 7.00. The summed E-state index contributed by atoms with van der Waals surface area (Å²) < 4.78 is 19.3. The molecule has 0 heterocycles. The molecule has 2 aromatic carbocycles. The molecular weight excluding hydrogens is 339 g/mol. The Morgan fingerprint density at radius 1 is 1.24 bits per heavy atom. The number of nitrogens with one attached hydrogen (secondary N) is 2. The standard InChI is InChI=1S/C15H14BrFN2O2/c1-21-14-7-2-10(8-13(14)17)9-18-15(20)19-12-5-3-11(16)4-6-12/h2-8H,9H2,1H3,(H2,18,19,20). The summed E-state index contributed by atoms with van der Waals surface area (Å²) in [5, 5.41) is 5.34. The highest BCUT2D eigenvalue weighted by Gasteiger charge is 2.05. The molecule has 110 valence electrons. The fourth-order valence-corrected chi connectivity index (χ4v) is 1.98. The predicted octanol–water partition coefficient (Wildman–Crippen LogP) is 3.92. The summed E-state index contributed by atoms with van der Waals surface area (Å²) in [6.45, 7) is 0.225. The maximum atomic E-state index is 13.5. The van der Waals surface area contributed by atoms with Gasteiger partial charge in [0.2, 0.25) is 0 Å². The number of amides is 2. The molecule has 2 amide bonds. The molecule has 0 atom stereocenters. The largest absolute Gasteiger partial charge is 0.494 e. The minimum atomic E-state index is -0.454. The number of benzene rings is 2. The van der Waals surface area contributed by atoms with E-state index in [9.17, 15) is 9.18 Å². The van der Waals surface area contributed by atoms with Crippen molar-refractivity contribution in [3.8, 4) is 5.75 Å². The number of carbonyl (C=O) groups excluding carboxylic acids is 1. The van der Waals surface area contributed by atoms with Gasteiger partial charge in [0.15, 0.2) is 11.6 Å². The number of urea groups is 1. The molecule has 2 N–H and O–H groups in total. The molecule has 21 heavy (non-hydrogen) atoms. The van der Waals surface area contributed by atoms with Gasteiger partial charge in [-0.25, -0.2) is 9.18 Å². The summed E-state index contributed by atoms with van der Waals surface area (Å²) in [5.41, 5.74) is 1.33. The third kappa shape index (κ3) is 4.46. The fourth-order valence-electron chi connectivity index (χ4n) is 1.71. The lowest BCUT2D eigenvalue weighted by molar-refractivity contribution is 0.251. The molecule has 2 aromatic rings. The van der Waals surface area contributed by atoms with Crippen molar-refractivity contribution in [2.45, 2.75) is 6.54 Å². The number of carbonyl (C=O) groups is 1. The van der Waals surface area contributed by atoms with Crippen molar-refractivity contribution in [2.75, 3.05) is 12.4 Å². The zero-order valence-electron chi connectivity index (χ0n) is 11.3. The number of hydrogen-bond donors (Lipinski definition) is 2. The van der Waals surface area contributed by atoms with Gasteiger partial charge in [-0.05, 0) is 42.0 Å². The second-order valence-corrected chi connectivity index (χ2v) is 5.20. The Labute approximate surface area is 130 Å². The van der Waals surface area contributed by atoms with Crippen molar-refractivity contribution in [3.63, 3.8) is 0 Å². The average Bonchev–Trinajstić information content (AvgIpc) is 2.48. The van der Waals surface area contributed by atoms with E-state index in [1.165, 1.54) is 19.2 Å². The smallest absolute Gasteiger partial charge is 0.319 e. The van der Waals surface area contributed by atoms with E-state index in [4.69, 9.17) is 4.74 Å². The highest BCUT2D eigenvalue weighted by molar-refractivity contribution is 9.10. The van der Waals surface area contributed by atoms with Gasteiger partial charge >= 0.3 is 6.03 Å². The van der Waals surface area contributed by atoms with Crippen LogP contribution in [0.1, 0.15) is 5.56 Å². The van der Waals surface area contributed by atoms with Crippen LogP contribution in [0, 0.1) is 5.82 Å². The van der Waals surface area contributed by atoms with Crippen molar-refractivity contribution in [3.05, 3.63) is 58.3 Å². The molecule has 0 saturated carbocycles. The van der Waals surface area contributed by atoms with Gasteiger partial charge in [-0.15, -0.1) is 0 Å². The third-order valence-corrected chi connectivity index (χ3v) is 3.30. The molecule has 0 aliphatic carbocycles. The van der Waals surface area contributed by atoms with E-state index in [1.807, 2.05) is 12.1 Å². The van der Waals surface area contributed by atoms with Crippen molar-refractivity contribution in [1.82, 2.24) is 5.32 Å². The van der Waals surface area contributed by atoms with Crippen LogP contribution in [0.15, 0.2) is 46.9 Å². The minimum Gasteiger partial charge on any atom is -0.494 e. The molecule has 6 heteroatoms. The molecular formula is C15H14BrFN2O2. The number of halogens is 2. The Morgan fingerprint density at radius 2 is 1.95 bits per heavy atom. The van der Waals surface area contributed by atoms with Crippen LogP contribution in [0.25, 0.3) is 0 Å². The zero-order valence-corrected chi connectivity index (χ0v) is 12.9. The second kappa shape index (κ2) is 7.08. The molecule has 0 aliphatic rings. The van der Waals surface area contributed by atoms with Crippen LogP contribution < -0.4 is 15.4 Å². The molecule has 0 radical (unpaired) electrons. The van der Waals surface area contributed by atoms with Gasteiger partial charge in [0.05, 0.1) is 7.11 Å². The van der Waals surface area contributed by atoms with E-state index in [-0.39, 0.29) is 18.3 Å². The molecule has 0 aromatic heterocycles. The summed E-state index contributed by atoms with van der Waals surface area (Å²) in [6, 6.07) is 11.4. The lowest BCUT2D eigenvalue weighted by atomic mass is 10.2. The molecule has 0 bridgehead atoms. The van der Waals surface area contributed by atoms with Crippen molar-refractivity contribution in [2.24, 2.45) is 0 Å². The van der Waals surface area contributed by atoms with Crippen LogP contribution in [0.3, 0.4) is 0 Å². The Balaban J connectivity index is 1.89. The molecule has 0 unspecified atom stereocenters. The number of methoxy groups -OCH3 is 1. The van der Waals surface area contributed by atoms with E-state index >= 15 is 0 Å². The van der Waals surface area contributed by atoms with E-state index in [2.05, 4.69) is 26.6 Å². The maximum Gasteiger partial charge on any atom is 0.319 e. The Hall–Kier alpha value is -2.08. The summed E-state index contributed by atoms with van der Waals surface area (Å²) >= 11 is 3.32. The minimum absolute atomic E-state index is 0.179.